The third kappa shape index (κ3) is 3.08. The summed E-state index contributed by atoms with van der Waals surface area (Å²) >= 11 is 0. The van der Waals surface area contributed by atoms with E-state index in [1.165, 1.54) is 0 Å². The Labute approximate surface area is 155 Å². The zero-order valence-electron chi connectivity index (χ0n) is 14.9. The Hall–Kier alpha value is -3.81. The van der Waals surface area contributed by atoms with Crippen LogP contribution in [0.4, 0.5) is 17.6 Å². The Morgan fingerprint density at radius 3 is 2.63 bits per heavy atom. The minimum Gasteiger partial charge on any atom is -0.493 e. The minimum absolute atomic E-state index is 0.168. The summed E-state index contributed by atoms with van der Waals surface area (Å²) in [6.45, 7) is 0. The van der Waals surface area contributed by atoms with Gasteiger partial charge in [-0.1, -0.05) is 18.2 Å². The molecular formula is C19H18N6O2. The van der Waals surface area contributed by atoms with Crippen molar-refractivity contribution in [3.05, 3.63) is 48.7 Å². The molecule has 0 saturated carbocycles. The van der Waals surface area contributed by atoms with Gasteiger partial charge in [0.15, 0.2) is 17.3 Å². The number of nitrogens with zero attached hydrogens (tertiary/aromatic N) is 3. The zero-order chi connectivity index (χ0) is 18.8. The van der Waals surface area contributed by atoms with E-state index in [0.29, 0.717) is 23.1 Å². The molecule has 2 aromatic heterocycles. The van der Waals surface area contributed by atoms with Crippen molar-refractivity contribution in [2.45, 2.75) is 0 Å². The second-order valence-electron chi connectivity index (χ2n) is 5.80. The van der Waals surface area contributed by atoms with Crippen molar-refractivity contribution in [3.8, 4) is 22.6 Å². The van der Waals surface area contributed by atoms with E-state index < -0.39 is 0 Å². The van der Waals surface area contributed by atoms with Crippen LogP contribution in [0.2, 0.25) is 0 Å². The summed E-state index contributed by atoms with van der Waals surface area (Å²) in [5, 5.41) is 11.5. The fourth-order valence-electron chi connectivity index (χ4n) is 2.88. The zero-order valence-corrected chi connectivity index (χ0v) is 14.9. The molecule has 4 aromatic rings. The SMILES string of the molecule is COc1ccc(-c2cnc(N)nc2Nc2n[nH]c3ccccc23)cc1OC. The van der Waals surface area contributed by atoms with Crippen LogP contribution in [0.5, 0.6) is 11.5 Å². The Balaban J connectivity index is 1.79. The highest BCUT2D eigenvalue weighted by Gasteiger charge is 2.14. The molecule has 2 aromatic carbocycles. The van der Waals surface area contributed by atoms with Gasteiger partial charge in [-0.15, -0.1) is 0 Å². The Kier molecular flexibility index (Phi) is 4.21. The number of H-pyrrole nitrogens is 1. The quantitative estimate of drug-likeness (QED) is 0.499. The van der Waals surface area contributed by atoms with Crippen LogP contribution in [0.25, 0.3) is 22.0 Å². The van der Waals surface area contributed by atoms with E-state index in [1.54, 1.807) is 20.4 Å². The molecule has 136 valence electrons. The highest BCUT2D eigenvalue weighted by Crippen LogP contribution is 2.36. The van der Waals surface area contributed by atoms with Gasteiger partial charge in [-0.05, 0) is 29.8 Å². The molecule has 27 heavy (non-hydrogen) atoms. The molecule has 0 aliphatic carbocycles. The molecule has 4 rings (SSSR count). The lowest BCUT2D eigenvalue weighted by Crippen LogP contribution is -2.03. The van der Waals surface area contributed by atoms with Gasteiger partial charge < -0.3 is 20.5 Å². The molecule has 0 aliphatic rings. The summed E-state index contributed by atoms with van der Waals surface area (Å²) in [5.74, 6) is 2.63. The van der Waals surface area contributed by atoms with Gasteiger partial charge in [-0.25, -0.2) is 4.98 Å². The van der Waals surface area contributed by atoms with E-state index in [2.05, 4.69) is 25.5 Å². The van der Waals surface area contributed by atoms with Crippen molar-refractivity contribution >= 4 is 28.5 Å². The molecule has 0 fully saturated rings. The highest BCUT2D eigenvalue weighted by atomic mass is 16.5. The van der Waals surface area contributed by atoms with Crippen molar-refractivity contribution < 1.29 is 9.47 Å². The summed E-state index contributed by atoms with van der Waals surface area (Å²) in [6.07, 6.45) is 1.67. The number of nitrogens with one attached hydrogen (secondary N) is 2. The minimum atomic E-state index is 0.168. The maximum atomic E-state index is 5.81. The summed E-state index contributed by atoms with van der Waals surface area (Å²) in [7, 11) is 3.19. The number of hydrogen-bond donors (Lipinski definition) is 3. The molecule has 8 heteroatoms. The van der Waals surface area contributed by atoms with Gasteiger partial charge in [0.1, 0.15) is 5.82 Å². The van der Waals surface area contributed by atoms with Gasteiger partial charge >= 0.3 is 0 Å². The van der Waals surface area contributed by atoms with Crippen molar-refractivity contribution in [2.24, 2.45) is 0 Å². The van der Waals surface area contributed by atoms with Crippen molar-refractivity contribution in [3.63, 3.8) is 0 Å². The molecule has 8 nitrogen and oxygen atoms in total. The molecular weight excluding hydrogens is 344 g/mol. The van der Waals surface area contributed by atoms with Crippen LogP contribution in [0.15, 0.2) is 48.7 Å². The van der Waals surface area contributed by atoms with E-state index in [9.17, 15) is 0 Å². The number of nitrogens with two attached hydrogens (primary N) is 1. The molecule has 2 heterocycles. The first-order chi connectivity index (χ1) is 13.2. The largest absolute Gasteiger partial charge is 0.493 e. The van der Waals surface area contributed by atoms with Gasteiger partial charge in [0, 0.05) is 17.1 Å². The Morgan fingerprint density at radius 1 is 1.00 bits per heavy atom. The smallest absolute Gasteiger partial charge is 0.221 e. The Morgan fingerprint density at radius 2 is 1.81 bits per heavy atom. The molecule has 0 saturated heterocycles. The van der Waals surface area contributed by atoms with Crippen molar-refractivity contribution in [2.75, 3.05) is 25.3 Å². The maximum Gasteiger partial charge on any atom is 0.221 e. The number of aromatic nitrogens is 4. The summed E-state index contributed by atoms with van der Waals surface area (Å²) < 4.78 is 10.7. The summed E-state index contributed by atoms with van der Waals surface area (Å²) in [4.78, 5) is 8.49. The fraction of sp³-hybridized carbons (Fsp3) is 0.105. The predicted octanol–water partition coefficient (Wildman–Crippen LogP) is 3.36. The summed E-state index contributed by atoms with van der Waals surface area (Å²) in [5.41, 5.74) is 8.36. The average molecular weight is 362 g/mol. The second kappa shape index (κ2) is 6.83. The number of fused-ring (bicyclic) bond motifs is 1. The monoisotopic (exact) mass is 362 g/mol. The van der Waals surface area contributed by atoms with Gasteiger partial charge in [0.05, 0.1) is 19.7 Å². The number of benzene rings is 2. The Bertz CT molecular complexity index is 1110. The standard InChI is InChI=1S/C19H18N6O2/c1-26-15-8-7-11(9-16(15)27-2)13-10-21-19(20)23-17(13)22-18-12-5-3-4-6-14(12)24-25-18/h3-10H,1-2H3,(H4,20,21,22,23,24,25). The molecule has 0 bridgehead atoms. The molecule has 0 amide bonds. The first-order valence-corrected chi connectivity index (χ1v) is 8.24. The van der Waals surface area contributed by atoms with Crippen LogP contribution in [0.1, 0.15) is 0 Å². The molecule has 4 N–H and O–H groups in total. The third-order valence-electron chi connectivity index (χ3n) is 4.21. The van der Waals surface area contributed by atoms with Crippen LogP contribution in [-0.2, 0) is 0 Å². The van der Waals surface area contributed by atoms with E-state index in [4.69, 9.17) is 15.2 Å². The topological polar surface area (TPSA) is 111 Å². The van der Waals surface area contributed by atoms with Crippen LogP contribution < -0.4 is 20.5 Å². The lowest BCUT2D eigenvalue weighted by atomic mass is 10.1. The number of para-hydroxylation sites is 1. The van der Waals surface area contributed by atoms with Crippen LogP contribution in [0, 0.1) is 0 Å². The third-order valence-corrected chi connectivity index (χ3v) is 4.21. The fourth-order valence-corrected chi connectivity index (χ4v) is 2.88. The van der Waals surface area contributed by atoms with Crippen LogP contribution >= 0.6 is 0 Å². The lowest BCUT2D eigenvalue weighted by Gasteiger charge is -2.13. The van der Waals surface area contributed by atoms with Crippen molar-refractivity contribution in [1.29, 1.82) is 0 Å². The first-order valence-electron chi connectivity index (χ1n) is 8.24. The number of methoxy groups -OCH3 is 2. The van der Waals surface area contributed by atoms with Gasteiger partial charge in [0.25, 0.3) is 0 Å². The molecule has 0 aliphatic heterocycles. The van der Waals surface area contributed by atoms with Gasteiger partial charge in [-0.3, -0.25) is 5.10 Å². The average Bonchev–Trinajstić information content (AvgIpc) is 3.10. The van der Waals surface area contributed by atoms with Gasteiger partial charge in [0.2, 0.25) is 5.95 Å². The second-order valence-corrected chi connectivity index (χ2v) is 5.80. The van der Waals surface area contributed by atoms with Crippen LogP contribution in [-0.4, -0.2) is 34.4 Å². The molecule has 0 atom stereocenters. The van der Waals surface area contributed by atoms with Gasteiger partial charge in [-0.2, -0.15) is 10.1 Å². The number of hydrogen-bond acceptors (Lipinski definition) is 7. The maximum absolute atomic E-state index is 5.81. The van der Waals surface area contributed by atoms with Crippen LogP contribution in [0.3, 0.4) is 0 Å². The highest BCUT2D eigenvalue weighted by molar-refractivity contribution is 5.92. The van der Waals surface area contributed by atoms with Crippen molar-refractivity contribution in [1.82, 2.24) is 20.2 Å². The summed E-state index contributed by atoms with van der Waals surface area (Å²) in [6, 6.07) is 13.4. The van der Waals surface area contributed by atoms with E-state index in [1.807, 2.05) is 42.5 Å². The number of rotatable bonds is 5. The number of aromatic amines is 1. The predicted molar refractivity (Wildman–Crippen MR) is 104 cm³/mol. The number of anilines is 3. The molecule has 0 unspecified atom stereocenters. The van der Waals surface area contributed by atoms with E-state index >= 15 is 0 Å². The van der Waals surface area contributed by atoms with E-state index in [-0.39, 0.29) is 5.95 Å². The molecule has 0 spiro atoms. The van der Waals surface area contributed by atoms with E-state index in [0.717, 1.165) is 22.0 Å². The lowest BCUT2D eigenvalue weighted by molar-refractivity contribution is 0.355. The first kappa shape index (κ1) is 16.6. The normalized spacial score (nSPS) is 10.7. The number of nitrogen functional groups attached to an aromatic ring is 1. The molecule has 0 radical (unpaired) electrons. The number of ether oxygens (including phenoxy) is 2.